The summed E-state index contributed by atoms with van der Waals surface area (Å²) in [4.78, 5) is 11.3. The van der Waals surface area contributed by atoms with E-state index in [1.807, 2.05) is 24.3 Å². The second kappa shape index (κ2) is 9.22. The van der Waals surface area contributed by atoms with Crippen LogP contribution in [-0.4, -0.2) is 18.2 Å². The number of ether oxygens (including phenoxy) is 1. The quantitative estimate of drug-likeness (QED) is 0.526. The smallest absolute Gasteiger partial charge is 0.331 e. The van der Waals surface area contributed by atoms with Crippen LogP contribution in [0.5, 0.6) is 5.75 Å². The molecule has 0 fully saturated rings. The molecule has 3 nitrogen and oxygen atoms in total. The molecule has 116 valence electrons. The zero-order chi connectivity index (χ0) is 15.7. The fourth-order valence-corrected chi connectivity index (χ4v) is 2.19. The number of hydrogen-bond acceptors (Lipinski definition) is 2. The van der Waals surface area contributed by atoms with Gasteiger partial charge in [-0.05, 0) is 42.5 Å². The largest absolute Gasteiger partial charge is 0.497 e. The average Bonchev–Trinajstić information content (AvgIpc) is 2.45. The number of carboxylic acids is 1. The molecule has 0 saturated carbocycles. The number of methoxy groups -OCH3 is 1. The molecule has 0 saturated heterocycles. The molecule has 0 bridgehead atoms. The molecule has 0 aliphatic heterocycles. The monoisotopic (exact) mass is 290 g/mol. The molecule has 0 aromatic heterocycles. The third-order valence-corrected chi connectivity index (χ3v) is 3.46. The summed E-state index contributed by atoms with van der Waals surface area (Å²) in [5.74, 6) is 0.672. The molecule has 0 radical (unpaired) electrons. The lowest BCUT2D eigenvalue weighted by molar-refractivity contribution is -0.132. The lowest BCUT2D eigenvalue weighted by Gasteiger charge is -2.06. The normalized spacial score (nSPS) is 11.7. The van der Waals surface area contributed by atoms with Gasteiger partial charge in [0, 0.05) is 5.57 Å². The summed E-state index contributed by atoms with van der Waals surface area (Å²) in [6.07, 6.45) is 6.79. The first-order valence-electron chi connectivity index (χ1n) is 7.61. The van der Waals surface area contributed by atoms with E-state index in [2.05, 4.69) is 13.8 Å². The van der Waals surface area contributed by atoms with E-state index in [0.717, 1.165) is 30.1 Å². The minimum Gasteiger partial charge on any atom is -0.497 e. The summed E-state index contributed by atoms with van der Waals surface area (Å²) in [5.41, 5.74) is 1.38. The van der Waals surface area contributed by atoms with Crippen molar-refractivity contribution in [1.82, 2.24) is 0 Å². The highest BCUT2D eigenvalue weighted by Gasteiger charge is 2.07. The van der Waals surface area contributed by atoms with Crippen molar-refractivity contribution >= 4 is 12.0 Å². The highest BCUT2D eigenvalue weighted by atomic mass is 16.5. The number of carboxylic acid groups (broad SMARTS) is 1. The Morgan fingerprint density at radius 1 is 1.19 bits per heavy atom. The second-order valence-electron chi connectivity index (χ2n) is 5.74. The topological polar surface area (TPSA) is 46.5 Å². The number of rotatable bonds is 9. The van der Waals surface area contributed by atoms with Gasteiger partial charge in [-0.25, -0.2) is 4.79 Å². The van der Waals surface area contributed by atoms with Crippen molar-refractivity contribution in [2.24, 2.45) is 5.92 Å². The zero-order valence-electron chi connectivity index (χ0n) is 13.3. The van der Waals surface area contributed by atoms with E-state index < -0.39 is 5.97 Å². The minimum atomic E-state index is -0.824. The van der Waals surface area contributed by atoms with Crippen molar-refractivity contribution in [2.45, 2.75) is 46.0 Å². The predicted molar refractivity (Wildman–Crippen MR) is 86.5 cm³/mol. The Morgan fingerprint density at radius 3 is 2.38 bits per heavy atom. The third kappa shape index (κ3) is 6.98. The van der Waals surface area contributed by atoms with Crippen molar-refractivity contribution in [3.8, 4) is 5.75 Å². The Kier molecular flexibility index (Phi) is 7.59. The molecule has 1 rings (SSSR count). The summed E-state index contributed by atoms with van der Waals surface area (Å²) >= 11 is 0. The molecule has 21 heavy (non-hydrogen) atoms. The molecule has 0 aliphatic rings. The van der Waals surface area contributed by atoms with E-state index in [4.69, 9.17) is 4.74 Å². The van der Waals surface area contributed by atoms with E-state index >= 15 is 0 Å². The van der Waals surface area contributed by atoms with Gasteiger partial charge in [0.25, 0.3) is 0 Å². The number of carbonyl (C=O) groups is 1. The predicted octanol–water partition coefficient (Wildman–Crippen LogP) is 4.77. The first-order chi connectivity index (χ1) is 10.0. The van der Waals surface area contributed by atoms with Gasteiger partial charge in [-0.3, -0.25) is 0 Å². The van der Waals surface area contributed by atoms with Crippen molar-refractivity contribution in [1.29, 1.82) is 0 Å². The van der Waals surface area contributed by atoms with E-state index in [1.54, 1.807) is 13.2 Å². The first kappa shape index (κ1) is 17.3. The van der Waals surface area contributed by atoms with Gasteiger partial charge in [-0.2, -0.15) is 0 Å². The van der Waals surface area contributed by atoms with Gasteiger partial charge in [0.15, 0.2) is 0 Å². The number of unbranched alkanes of at least 4 members (excludes halogenated alkanes) is 2. The fraction of sp³-hybridized carbons (Fsp3) is 0.500. The molecular weight excluding hydrogens is 264 g/mol. The van der Waals surface area contributed by atoms with Crippen LogP contribution in [-0.2, 0) is 4.79 Å². The van der Waals surface area contributed by atoms with Crippen molar-refractivity contribution in [2.75, 3.05) is 7.11 Å². The number of hydrogen-bond donors (Lipinski definition) is 1. The molecule has 0 aliphatic carbocycles. The van der Waals surface area contributed by atoms with Crippen LogP contribution in [0.3, 0.4) is 0 Å². The van der Waals surface area contributed by atoms with Gasteiger partial charge >= 0.3 is 5.97 Å². The van der Waals surface area contributed by atoms with Gasteiger partial charge in [0.2, 0.25) is 0 Å². The lowest BCUT2D eigenvalue weighted by atomic mass is 10.0. The number of benzene rings is 1. The molecular formula is C18H26O3. The number of aliphatic carboxylic acids is 1. The summed E-state index contributed by atoms with van der Waals surface area (Å²) in [5, 5.41) is 9.29. The lowest BCUT2D eigenvalue weighted by Crippen LogP contribution is -2.00. The Bertz CT molecular complexity index is 458. The van der Waals surface area contributed by atoms with Crippen LogP contribution in [0.15, 0.2) is 29.8 Å². The van der Waals surface area contributed by atoms with E-state index in [9.17, 15) is 9.90 Å². The van der Waals surface area contributed by atoms with Gasteiger partial charge in [0.05, 0.1) is 7.11 Å². The standard InChI is InChI=1S/C18H26O3/c1-14(2)7-5-4-6-8-16(18(19)20)13-15-9-11-17(21-3)12-10-15/h9-14H,4-8H2,1-3H3,(H,19,20). The average molecular weight is 290 g/mol. The van der Waals surface area contributed by atoms with E-state index in [1.165, 1.54) is 12.8 Å². The van der Waals surface area contributed by atoms with Gasteiger partial charge < -0.3 is 9.84 Å². The van der Waals surface area contributed by atoms with E-state index in [-0.39, 0.29) is 0 Å². The maximum absolute atomic E-state index is 11.3. The molecule has 0 unspecified atom stereocenters. The summed E-state index contributed by atoms with van der Waals surface area (Å²) in [6, 6.07) is 7.43. The third-order valence-electron chi connectivity index (χ3n) is 3.46. The molecule has 0 atom stereocenters. The van der Waals surface area contributed by atoms with Crippen LogP contribution >= 0.6 is 0 Å². The molecule has 1 aromatic carbocycles. The van der Waals surface area contributed by atoms with Gasteiger partial charge in [0.1, 0.15) is 5.75 Å². The summed E-state index contributed by atoms with van der Waals surface area (Å²) in [7, 11) is 1.62. The molecule has 1 aromatic rings. The van der Waals surface area contributed by atoms with Crippen LogP contribution in [0.1, 0.15) is 51.5 Å². The van der Waals surface area contributed by atoms with Crippen LogP contribution in [0.25, 0.3) is 6.08 Å². The Hall–Kier alpha value is -1.77. The van der Waals surface area contributed by atoms with Crippen LogP contribution in [0, 0.1) is 5.92 Å². The Labute approximate surface area is 127 Å². The van der Waals surface area contributed by atoms with Crippen LogP contribution < -0.4 is 4.74 Å². The second-order valence-corrected chi connectivity index (χ2v) is 5.74. The fourth-order valence-electron chi connectivity index (χ4n) is 2.19. The maximum atomic E-state index is 11.3. The van der Waals surface area contributed by atoms with Crippen molar-refractivity contribution in [3.05, 3.63) is 35.4 Å². The molecule has 0 amide bonds. The molecule has 0 heterocycles. The van der Waals surface area contributed by atoms with E-state index in [0.29, 0.717) is 12.0 Å². The Morgan fingerprint density at radius 2 is 1.86 bits per heavy atom. The van der Waals surface area contributed by atoms with Crippen LogP contribution in [0.2, 0.25) is 0 Å². The molecule has 1 N–H and O–H groups in total. The first-order valence-corrected chi connectivity index (χ1v) is 7.61. The molecule has 3 heteroatoms. The SMILES string of the molecule is COc1ccc(C=C(CCCCCC(C)C)C(=O)O)cc1. The minimum absolute atomic E-state index is 0.477. The van der Waals surface area contributed by atoms with Crippen molar-refractivity contribution in [3.63, 3.8) is 0 Å². The molecule has 0 spiro atoms. The van der Waals surface area contributed by atoms with Gasteiger partial charge in [-0.1, -0.05) is 45.2 Å². The van der Waals surface area contributed by atoms with Gasteiger partial charge in [-0.15, -0.1) is 0 Å². The summed E-state index contributed by atoms with van der Waals surface area (Å²) in [6.45, 7) is 4.43. The highest BCUT2D eigenvalue weighted by Crippen LogP contribution is 2.18. The summed E-state index contributed by atoms with van der Waals surface area (Å²) < 4.78 is 5.10. The Balaban J connectivity index is 2.55. The highest BCUT2D eigenvalue weighted by molar-refractivity contribution is 5.92. The zero-order valence-corrected chi connectivity index (χ0v) is 13.3. The maximum Gasteiger partial charge on any atom is 0.331 e. The van der Waals surface area contributed by atoms with Crippen LogP contribution in [0.4, 0.5) is 0 Å². The van der Waals surface area contributed by atoms with Crippen molar-refractivity contribution < 1.29 is 14.6 Å².